The smallest absolute Gasteiger partial charge is 0.224 e. The third-order valence-corrected chi connectivity index (χ3v) is 3.99. The number of nitrogens with one attached hydrogen (secondary N) is 2. The molecule has 0 aliphatic carbocycles. The highest BCUT2D eigenvalue weighted by Crippen LogP contribution is 2.35. The molecule has 1 aromatic rings. The lowest BCUT2D eigenvalue weighted by atomic mass is 10.0. The van der Waals surface area contributed by atoms with Gasteiger partial charge in [-0.15, -0.1) is 0 Å². The maximum Gasteiger partial charge on any atom is 0.224 e. The number of halogens is 2. The molecule has 1 atom stereocenters. The van der Waals surface area contributed by atoms with Crippen LogP contribution in [0, 0.1) is 5.92 Å². The van der Waals surface area contributed by atoms with Gasteiger partial charge in [0.2, 0.25) is 5.91 Å². The average Bonchev–Trinajstić information content (AvgIpc) is 2.89. The van der Waals surface area contributed by atoms with E-state index in [1.165, 1.54) is 7.11 Å². The minimum absolute atomic E-state index is 0.0193. The van der Waals surface area contributed by atoms with Crippen molar-refractivity contribution in [1.29, 1.82) is 0 Å². The molecule has 0 spiro atoms. The van der Waals surface area contributed by atoms with Crippen LogP contribution in [0.25, 0.3) is 0 Å². The van der Waals surface area contributed by atoms with Crippen LogP contribution in [0.2, 0.25) is 10.0 Å². The fraction of sp³-hybridized carbons (Fsp3) is 0.500. The van der Waals surface area contributed by atoms with Gasteiger partial charge in [0, 0.05) is 12.1 Å². The zero-order valence-corrected chi connectivity index (χ0v) is 12.9. The zero-order chi connectivity index (χ0) is 14.5. The van der Waals surface area contributed by atoms with Crippen molar-refractivity contribution in [2.75, 3.05) is 25.5 Å². The zero-order valence-electron chi connectivity index (χ0n) is 11.3. The minimum atomic E-state index is -0.0193. The van der Waals surface area contributed by atoms with Gasteiger partial charge in [0.1, 0.15) is 0 Å². The van der Waals surface area contributed by atoms with E-state index < -0.39 is 0 Å². The molecule has 1 amide bonds. The van der Waals surface area contributed by atoms with E-state index in [0.29, 0.717) is 33.8 Å². The molecule has 1 aromatic carbocycles. The van der Waals surface area contributed by atoms with Crippen LogP contribution in [0.3, 0.4) is 0 Å². The van der Waals surface area contributed by atoms with Gasteiger partial charge in [-0.05, 0) is 44.0 Å². The molecule has 6 heteroatoms. The Bertz CT molecular complexity index is 465. The fourth-order valence-corrected chi connectivity index (χ4v) is 2.99. The first-order valence-electron chi connectivity index (χ1n) is 6.63. The van der Waals surface area contributed by atoms with E-state index >= 15 is 0 Å². The van der Waals surface area contributed by atoms with Crippen LogP contribution in [-0.4, -0.2) is 26.1 Å². The lowest BCUT2D eigenvalue weighted by Crippen LogP contribution is -2.15. The largest absolute Gasteiger partial charge is 0.494 e. The molecular weight excluding hydrogens is 299 g/mol. The Morgan fingerprint density at radius 2 is 2.15 bits per heavy atom. The van der Waals surface area contributed by atoms with Crippen LogP contribution >= 0.6 is 23.2 Å². The molecule has 2 N–H and O–H groups in total. The number of hydrogen-bond donors (Lipinski definition) is 2. The minimum Gasteiger partial charge on any atom is -0.494 e. The fourth-order valence-electron chi connectivity index (χ4n) is 2.35. The summed E-state index contributed by atoms with van der Waals surface area (Å²) in [4.78, 5) is 11.9. The molecule has 0 saturated carbocycles. The summed E-state index contributed by atoms with van der Waals surface area (Å²) in [7, 11) is 1.50. The van der Waals surface area contributed by atoms with E-state index in [2.05, 4.69) is 10.6 Å². The number of carbonyl (C=O) groups is 1. The van der Waals surface area contributed by atoms with Gasteiger partial charge in [-0.25, -0.2) is 0 Å². The Balaban J connectivity index is 1.90. The van der Waals surface area contributed by atoms with Crippen molar-refractivity contribution >= 4 is 34.8 Å². The Morgan fingerprint density at radius 3 is 2.70 bits per heavy atom. The molecule has 0 bridgehead atoms. The van der Waals surface area contributed by atoms with E-state index in [4.69, 9.17) is 27.9 Å². The molecule has 110 valence electrons. The molecule has 1 aliphatic heterocycles. The van der Waals surface area contributed by atoms with Crippen LogP contribution in [0.15, 0.2) is 12.1 Å². The molecule has 4 nitrogen and oxygen atoms in total. The highest BCUT2D eigenvalue weighted by molar-refractivity contribution is 6.37. The summed E-state index contributed by atoms with van der Waals surface area (Å²) in [5.41, 5.74) is 0.593. The standard InChI is InChI=1S/C14H18Cl2N2O2/c1-20-14-11(15)6-10(7-12(14)16)18-13(19)3-2-9-4-5-17-8-9/h6-7,9,17H,2-5,8H2,1H3,(H,18,19). The molecule has 1 heterocycles. The van der Waals surface area contributed by atoms with E-state index in [-0.39, 0.29) is 5.91 Å². The van der Waals surface area contributed by atoms with Crippen molar-refractivity contribution < 1.29 is 9.53 Å². The number of amides is 1. The highest BCUT2D eigenvalue weighted by Gasteiger charge is 2.16. The number of rotatable bonds is 5. The van der Waals surface area contributed by atoms with Gasteiger partial charge in [-0.3, -0.25) is 4.79 Å². The SMILES string of the molecule is COc1c(Cl)cc(NC(=O)CCC2CCNC2)cc1Cl. The van der Waals surface area contributed by atoms with E-state index in [0.717, 1.165) is 25.9 Å². The van der Waals surface area contributed by atoms with Crippen molar-refractivity contribution in [2.24, 2.45) is 5.92 Å². The maximum atomic E-state index is 11.9. The highest BCUT2D eigenvalue weighted by atomic mass is 35.5. The summed E-state index contributed by atoms with van der Waals surface area (Å²) in [6, 6.07) is 3.28. The monoisotopic (exact) mass is 316 g/mol. The van der Waals surface area contributed by atoms with E-state index in [1.807, 2.05) is 0 Å². The van der Waals surface area contributed by atoms with Gasteiger partial charge in [0.15, 0.2) is 5.75 Å². The third kappa shape index (κ3) is 4.01. The predicted octanol–water partition coefficient (Wildman–Crippen LogP) is 3.33. The molecule has 1 fully saturated rings. The summed E-state index contributed by atoms with van der Waals surface area (Å²) in [6.45, 7) is 2.06. The van der Waals surface area contributed by atoms with Gasteiger partial charge < -0.3 is 15.4 Å². The number of ether oxygens (including phenoxy) is 1. The summed E-state index contributed by atoms with van der Waals surface area (Å²) in [5.74, 6) is 1.00. The van der Waals surface area contributed by atoms with Crippen LogP contribution in [0.4, 0.5) is 5.69 Å². The maximum absolute atomic E-state index is 11.9. The second-order valence-corrected chi connectivity index (χ2v) is 5.73. The van der Waals surface area contributed by atoms with Crippen molar-refractivity contribution in [1.82, 2.24) is 5.32 Å². The first kappa shape index (κ1) is 15.4. The Hall–Kier alpha value is -0.970. The normalized spacial score (nSPS) is 18.1. The number of anilines is 1. The van der Waals surface area contributed by atoms with Gasteiger partial charge in [0.25, 0.3) is 0 Å². The lowest BCUT2D eigenvalue weighted by Gasteiger charge is -2.11. The first-order valence-corrected chi connectivity index (χ1v) is 7.39. The van der Waals surface area contributed by atoms with E-state index in [9.17, 15) is 4.79 Å². The van der Waals surface area contributed by atoms with Crippen molar-refractivity contribution in [3.05, 3.63) is 22.2 Å². The molecular formula is C14H18Cl2N2O2. The van der Waals surface area contributed by atoms with Gasteiger partial charge in [-0.2, -0.15) is 0 Å². The molecule has 1 saturated heterocycles. The van der Waals surface area contributed by atoms with Gasteiger partial charge in [-0.1, -0.05) is 23.2 Å². The number of methoxy groups -OCH3 is 1. The van der Waals surface area contributed by atoms with Crippen molar-refractivity contribution in [3.8, 4) is 5.75 Å². The Kier molecular flexibility index (Phi) is 5.52. The molecule has 1 aliphatic rings. The Labute approximate surface area is 128 Å². The lowest BCUT2D eigenvalue weighted by molar-refractivity contribution is -0.116. The molecule has 0 aromatic heterocycles. The summed E-state index contributed by atoms with van der Waals surface area (Å²) >= 11 is 12.1. The van der Waals surface area contributed by atoms with Gasteiger partial charge >= 0.3 is 0 Å². The first-order chi connectivity index (χ1) is 9.60. The van der Waals surface area contributed by atoms with Crippen LogP contribution in [0.1, 0.15) is 19.3 Å². The van der Waals surface area contributed by atoms with Crippen molar-refractivity contribution in [3.63, 3.8) is 0 Å². The summed E-state index contributed by atoms with van der Waals surface area (Å²) in [6.07, 6.45) is 2.55. The van der Waals surface area contributed by atoms with E-state index in [1.54, 1.807) is 12.1 Å². The second kappa shape index (κ2) is 7.16. The van der Waals surface area contributed by atoms with Crippen LogP contribution in [-0.2, 0) is 4.79 Å². The van der Waals surface area contributed by atoms with Gasteiger partial charge in [0.05, 0.1) is 17.2 Å². The second-order valence-electron chi connectivity index (χ2n) is 4.92. The quantitative estimate of drug-likeness (QED) is 0.876. The number of benzene rings is 1. The summed E-state index contributed by atoms with van der Waals surface area (Å²) < 4.78 is 5.07. The molecule has 2 rings (SSSR count). The molecule has 0 radical (unpaired) electrons. The van der Waals surface area contributed by atoms with Crippen LogP contribution in [0.5, 0.6) is 5.75 Å². The average molecular weight is 317 g/mol. The third-order valence-electron chi connectivity index (χ3n) is 3.43. The molecule has 20 heavy (non-hydrogen) atoms. The van der Waals surface area contributed by atoms with Crippen molar-refractivity contribution in [2.45, 2.75) is 19.3 Å². The number of carbonyl (C=O) groups excluding carboxylic acids is 1. The predicted molar refractivity (Wildman–Crippen MR) is 81.9 cm³/mol. The summed E-state index contributed by atoms with van der Waals surface area (Å²) in [5, 5.41) is 6.88. The number of hydrogen-bond acceptors (Lipinski definition) is 3. The Morgan fingerprint density at radius 1 is 1.45 bits per heavy atom. The topological polar surface area (TPSA) is 50.4 Å². The van der Waals surface area contributed by atoms with Crippen LogP contribution < -0.4 is 15.4 Å². The molecule has 1 unspecified atom stereocenters.